The van der Waals surface area contributed by atoms with E-state index in [0.717, 1.165) is 0 Å². The van der Waals surface area contributed by atoms with Crippen molar-refractivity contribution < 1.29 is 47.9 Å². The molecular formula is C42H64N14O10. The number of nitrogens with one attached hydrogen (secondary N) is 8. The maximum Gasteiger partial charge on any atom is 0.243 e. The fourth-order valence-electron chi connectivity index (χ4n) is 7.13. The average molecular weight is 925 g/mol. The van der Waals surface area contributed by atoms with E-state index in [9.17, 15) is 47.9 Å². The van der Waals surface area contributed by atoms with Crippen LogP contribution in [0.1, 0.15) is 70.1 Å². The number of nitrogens with zero attached hydrogens (tertiary/aromatic N) is 2. The number of aromatic nitrogens is 2. The zero-order valence-electron chi connectivity index (χ0n) is 37.3. The Balaban J connectivity index is 1.74. The highest BCUT2D eigenvalue weighted by molar-refractivity contribution is 5.98. The molecule has 362 valence electrons. The number of carbonyl (C=O) groups is 10. The van der Waals surface area contributed by atoms with Crippen molar-refractivity contribution in [2.75, 3.05) is 32.7 Å². The van der Waals surface area contributed by atoms with Crippen LogP contribution >= 0.6 is 0 Å². The summed E-state index contributed by atoms with van der Waals surface area (Å²) >= 11 is 0. The Morgan fingerprint density at radius 1 is 0.727 bits per heavy atom. The first-order valence-corrected chi connectivity index (χ1v) is 21.8. The standard InChI is InChI=1S/C42H64N14O10/c1-24(2)15-28(51-35(59)22-49-37(61)29(16-25-9-4-3-5-10-25)55-42(66)32-12-8-14-56(32)36(60)19-44)40(64)54-31(18-33(45)57)41(65)52-27(11-6-7-13-43)39(63)53-30(17-26-20-47-23-50-26)38(62)48-21-34(46)58/h3-5,9-10,20,23-24,27-32H,6-8,11-19,21-22,43-44H2,1-2H3,(H2,45,57)(H2,46,58)(H,47,50)(H,48,62)(H,49,61)(H,51,59)(H,52,65)(H,53,63)(H,54,64)(H,55,66). The van der Waals surface area contributed by atoms with E-state index in [4.69, 9.17) is 22.9 Å². The largest absolute Gasteiger partial charge is 0.370 e. The predicted octanol–water partition coefficient (Wildman–Crippen LogP) is -4.66. The number of aromatic amines is 1. The van der Waals surface area contributed by atoms with Crippen LogP contribution in [-0.4, -0.2) is 143 Å². The number of amides is 10. The monoisotopic (exact) mass is 924 g/mol. The van der Waals surface area contributed by atoms with Gasteiger partial charge in [-0.15, -0.1) is 0 Å². The van der Waals surface area contributed by atoms with E-state index in [1.165, 1.54) is 17.4 Å². The summed E-state index contributed by atoms with van der Waals surface area (Å²) in [6.45, 7) is 2.71. The minimum absolute atomic E-state index is 0.0202. The van der Waals surface area contributed by atoms with E-state index >= 15 is 0 Å². The quantitative estimate of drug-likeness (QED) is 0.0358. The highest BCUT2D eigenvalue weighted by Gasteiger charge is 2.36. The molecule has 1 saturated heterocycles. The maximum absolute atomic E-state index is 13.8. The molecule has 16 N–H and O–H groups in total. The molecule has 0 radical (unpaired) electrons. The third-order valence-corrected chi connectivity index (χ3v) is 10.4. The number of H-pyrrole nitrogens is 1. The van der Waals surface area contributed by atoms with Gasteiger partial charge in [0.05, 0.1) is 32.4 Å². The molecule has 1 aliphatic heterocycles. The van der Waals surface area contributed by atoms with Gasteiger partial charge in [0.1, 0.15) is 36.3 Å². The molecule has 0 saturated carbocycles. The van der Waals surface area contributed by atoms with Crippen molar-refractivity contribution in [3.8, 4) is 0 Å². The molecule has 2 heterocycles. The summed E-state index contributed by atoms with van der Waals surface area (Å²) in [7, 11) is 0. The van der Waals surface area contributed by atoms with E-state index in [-0.39, 0.29) is 44.7 Å². The lowest BCUT2D eigenvalue weighted by Crippen LogP contribution is -2.59. The SMILES string of the molecule is CC(C)CC(NC(=O)CNC(=O)C(Cc1ccccc1)NC(=O)C1CCCN1C(=O)CN)C(=O)NC(CC(N)=O)C(=O)NC(CCCCN)C(=O)NC(Cc1cnc[nH]1)C(=O)NCC(N)=O. The zero-order chi connectivity index (χ0) is 48.8. The Hall–Kier alpha value is -6.95. The van der Waals surface area contributed by atoms with E-state index < -0.39 is 115 Å². The van der Waals surface area contributed by atoms with Gasteiger partial charge in [-0.3, -0.25) is 47.9 Å². The molecule has 10 amide bonds. The van der Waals surface area contributed by atoms with Gasteiger partial charge in [0.2, 0.25) is 59.1 Å². The van der Waals surface area contributed by atoms with Gasteiger partial charge in [-0.2, -0.15) is 0 Å². The van der Waals surface area contributed by atoms with Gasteiger partial charge in [0.25, 0.3) is 0 Å². The van der Waals surface area contributed by atoms with Crippen LogP contribution in [0.3, 0.4) is 0 Å². The minimum Gasteiger partial charge on any atom is -0.370 e. The molecule has 1 aromatic carbocycles. The van der Waals surface area contributed by atoms with Crippen LogP contribution in [0.4, 0.5) is 0 Å². The van der Waals surface area contributed by atoms with Crippen LogP contribution in [0, 0.1) is 5.92 Å². The minimum atomic E-state index is -1.64. The van der Waals surface area contributed by atoms with Crippen molar-refractivity contribution >= 4 is 59.1 Å². The molecule has 66 heavy (non-hydrogen) atoms. The third-order valence-electron chi connectivity index (χ3n) is 10.4. The van der Waals surface area contributed by atoms with E-state index in [2.05, 4.69) is 47.2 Å². The third kappa shape index (κ3) is 18.3. The molecule has 0 aliphatic carbocycles. The van der Waals surface area contributed by atoms with Gasteiger partial charge in [0.15, 0.2) is 0 Å². The van der Waals surface area contributed by atoms with Gasteiger partial charge >= 0.3 is 0 Å². The second-order valence-electron chi connectivity index (χ2n) is 16.3. The van der Waals surface area contributed by atoms with Gasteiger partial charge in [-0.1, -0.05) is 44.2 Å². The first-order chi connectivity index (χ1) is 31.4. The van der Waals surface area contributed by atoms with Crippen molar-refractivity contribution in [3.05, 3.63) is 54.1 Å². The molecule has 1 aliphatic rings. The first-order valence-electron chi connectivity index (χ1n) is 21.8. The van der Waals surface area contributed by atoms with Gasteiger partial charge in [-0.25, -0.2) is 4.98 Å². The number of rotatable bonds is 28. The second kappa shape index (κ2) is 27.4. The number of benzene rings is 1. The fraction of sp³-hybridized carbons (Fsp3) is 0.548. The molecule has 24 nitrogen and oxygen atoms in total. The van der Waals surface area contributed by atoms with Gasteiger partial charge < -0.3 is 70.0 Å². The summed E-state index contributed by atoms with van der Waals surface area (Å²) in [6, 6.07) is 1.31. The molecule has 6 unspecified atom stereocenters. The van der Waals surface area contributed by atoms with Crippen LogP contribution in [-0.2, 0) is 60.8 Å². The van der Waals surface area contributed by atoms with Crippen LogP contribution < -0.4 is 60.2 Å². The highest BCUT2D eigenvalue weighted by Crippen LogP contribution is 2.18. The van der Waals surface area contributed by atoms with E-state index in [1.807, 2.05) is 0 Å². The number of nitrogens with two attached hydrogens (primary N) is 4. The Bertz CT molecular complexity index is 1980. The maximum atomic E-state index is 13.8. The Kier molecular flexibility index (Phi) is 22.2. The molecule has 1 aromatic heterocycles. The number of hydrogen-bond acceptors (Lipinski definition) is 13. The number of unbranched alkanes of at least 4 members (excludes halogenated alkanes) is 1. The summed E-state index contributed by atoms with van der Waals surface area (Å²) in [5.41, 5.74) is 23.0. The molecule has 3 rings (SSSR count). The molecule has 2 aromatic rings. The van der Waals surface area contributed by atoms with Crippen LogP contribution in [0.25, 0.3) is 0 Å². The smallest absolute Gasteiger partial charge is 0.243 e. The Morgan fingerprint density at radius 2 is 1.35 bits per heavy atom. The van der Waals surface area contributed by atoms with Gasteiger partial charge in [-0.05, 0) is 56.6 Å². The number of imidazole rings is 1. The zero-order valence-corrected chi connectivity index (χ0v) is 37.3. The lowest BCUT2D eigenvalue weighted by atomic mass is 10.0. The van der Waals surface area contributed by atoms with Crippen molar-refractivity contribution in [2.45, 2.75) is 108 Å². The summed E-state index contributed by atoms with van der Waals surface area (Å²) in [5.74, 6) is -7.94. The summed E-state index contributed by atoms with van der Waals surface area (Å²) in [4.78, 5) is 139. The fourth-order valence-corrected chi connectivity index (χ4v) is 7.13. The van der Waals surface area contributed by atoms with Crippen molar-refractivity contribution in [1.82, 2.24) is 52.1 Å². The highest BCUT2D eigenvalue weighted by atomic mass is 16.2. The lowest BCUT2D eigenvalue weighted by Gasteiger charge is -2.27. The van der Waals surface area contributed by atoms with E-state index in [0.29, 0.717) is 43.5 Å². The van der Waals surface area contributed by atoms with Crippen molar-refractivity contribution in [2.24, 2.45) is 28.9 Å². The number of primary amides is 2. The normalized spacial score (nSPS) is 15.5. The second-order valence-corrected chi connectivity index (χ2v) is 16.3. The Labute approximate surface area is 382 Å². The molecular weight excluding hydrogens is 861 g/mol. The van der Waals surface area contributed by atoms with Crippen LogP contribution in [0.15, 0.2) is 42.9 Å². The van der Waals surface area contributed by atoms with Crippen LogP contribution in [0.2, 0.25) is 0 Å². The summed E-state index contributed by atoms with van der Waals surface area (Å²) in [5, 5.41) is 17.7. The average Bonchev–Trinajstić information content (AvgIpc) is 3.99. The number of carbonyl (C=O) groups excluding carboxylic acids is 10. The number of hydrogen-bond donors (Lipinski definition) is 12. The van der Waals surface area contributed by atoms with Gasteiger partial charge in [0, 0.05) is 31.3 Å². The molecule has 0 bridgehead atoms. The lowest BCUT2D eigenvalue weighted by molar-refractivity contribution is -0.138. The van der Waals surface area contributed by atoms with E-state index in [1.54, 1.807) is 44.2 Å². The first kappa shape index (κ1) is 53.4. The summed E-state index contributed by atoms with van der Waals surface area (Å²) in [6.07, 6.45) is 3.84. The summed E-state index contributed by atoms with van der Waals surface area (Å²) < 4.78 is 0. The van der Waals surface area contributed by atoms with Crippen molar-refractivity contribution in [1.29, 1.82) is 0 Å². The molecule has 1 fully saturated rings. The Morgan fingerprint density at radius 3 is 1.95 bits per heavy atom. The predicted molar refractivity (Wildman–Crippen MR) is 237 cm³/mol. The number of likely N-dealkylation sites (tertiary alicyclic amines) is 1. The van der Waals surface area contributed by atoms with Crippen molar-refractivity contribution in [3.63, 3.8) is 0 Å². The topological polar surface area (TPSA) is 391 Å². The molecule has 6 atom stereocenters. The molecule has 0 spiro atoms. The molecule has 24 heteroatoms. The van der Waals surface area contributed by atoms with Crippen LogP contribution in [0.5, 0.6) is 0 Å².